The normalized spacial score (nSPS) is 19.9. The molecule has 2 aliphatic heterocycles. The van der Waals surface area contributed by atoms with E-state index in [1.807, 2.05) is 6.07 Å². The second kappa shape index (κ2) is 7.36. The Morgan fingerprint density at radius 3 is 2.73 bits per heavy atom. The predicted octanol–water partition coefficient (Wildman–Crippen LogP) is 1.97. The summed E-state index contributed by atoms with van der Waals surface area (Å²) in [6.07, 6.45) is 2.26. The zero-order valence-electron chi connectivity index (χ0n) is 13.5. The summed E-state index contributed by atoms with van der Waals surface area (Å²) >= 11 is 0. The first-order valence-electron chi connectivity index (χ1n) is 8.43. The van der Waals surface area contributed by atoms with Gasteiger partial charge in [-0.1, -0.05) is 19.1 Å². The molecule has 0 aliphatic carbocycles. The number of rotatable bonds is 5. The van der Waals surface area contributed by atoms with Crippen LogP contribution in [0.2, 0.25) is 0 Å². The molecule has 1 fully saturated rings. The van der Waals surface area contributed by atoms with Gasteiger partial charge < -0.3 is 4.74 Å². The van der Waals surface area contributed by atoms with E-state index in [-0.39, 0.29) is 5.78 Å². The largest absolute Gasteiger partial charge is 0.379 e. The number of hydrogen-bond donors (Lipinski definition) is 0. The van der Waals surface area contributed by atoms with Crippen molar-refractivity contribution in [3.63, 3.8) is 0 Å². The number of ketones is 1. The van der Waals surface area contributed by atoms with Gasteiger partial charge in [0.1, 0.15) is 0 Å². The maximum Gasteiger partial charge on any atom is 0.176 e. The summed E-state index contributed by atoms with van der Waals surface area (Å²) in [5.74, 6) is 0.237. The van der Waals surface area contributed by atoms with E-state index in [1.54, 1.807) is 0 Å². The molecule has 1 saturated heterocycles. The number of ether oxygens (including phenoxy) is 1. The van der Waals surface area contributed by atoms with Gasteiger partial charge in [-0.25, -0.2) is 0 Å². The fourth-order valence-corrected chi connectivity index (χ4v) is 3.35. The van der Waals surface area contributed by atoms with Gasteiger partial charge in [0.25, 0.3) is 0 Å². The smallest absolute Gasteiger partial charge is 0.176 e. The highest BCUT2D eigenvalue weighted by atomic mass is 16.5. The fourth-order valence-electron chi connectivity index (χ4n) is 3.35. The summed E-state index contributed by atoms with van der Waals surface area (Å²) < 4.78 is 5.33. The van der Waals surface area contributed by atoms with Crippen molar-refractivity contribution < 1.29 is 9.53 Å². The Balaban J connectivity index is 1.64. The number of nitrogens with zero attached hydrogens (tertiary/aromatic N) is 2. The highest BCUT2D eigenvalue weighted by molar-refractivity contribution is 5.97. The molecule has 0 N–H and O–H groups in total. The summed E-state index contributed by atoms with van der Waals surface area (Å²) in [4.78, 5) is 17.2. The molecule has 1 aromatic rings. The van der Waals surface area contributed by atoms with Crippen molar-refractivity contribution in [2.75, 3.05) is 45.9 Å². The van der Waals surface area contributed by atoms with Crippen LogP contribution in [0.4, 0.5) is 0 Å². The topological polar surface area (TPSA) is 32.8 Å². The van der Waals surface area contributed by atoms with Gasteiger partial charge in [-0.3, -0.25) is 14.6 Å². The number of carbonyl (C=O) groups excluding carboxylic acids is 1. The van der Waals surface area contributed by atoms with Crippen LogP contribution in [-0.4, -0.2) is 61.5 Å². The summed E-state index contributed by atoms with van der Waals surface area (Å²) in [5, 5.41) is 0. The predicted molar refractivity (Wildman–Crippen MR) is 87.3 cm³/mol. The van der Waals surface area contributed by atoms with Gasteiger partial charge in [0.05, 0.1) is 19.8 Å². The molecule has 0 bridgehead atoms. The van der Waals surface area contributed by atoms with Crippen LogP contribution in [0, 0.1) is 0 Å². The third-order valence-electron chi connectivity index (χ3n) is 4.63. The van der Waals surface area contributed by atoms with E-state index in [4.69, 9.17) is 4.74 Å². The second-order valence-corrected chi connectivity index (χ2v) is 6.32. The number of Topliss-reactive ketones (excluding diaryl/α,β-unsaturated/α-hetero) is 1. The molecule has 0 unspecified atom stereocenters. The first-order chi connectivity index (χ1) is 10.8. The van der Waals surface area contributed by atoms with Crippen molar-refractivity contribution in [1.82, 2.24) is 9.80 Å². The minimum Gasteiger partial charge on any atom is -0.379 e. The Bertz CT molecular complexity index is 524. The molecular formula is C18H26N2O2. The third kappa shape index (κ3) is 3.75. The van der Waals surface area contributed by atoms with Crippen LogP contribution in [0.25, 0.3) is 0 Å². The van der Waals surface area contributed by atoms with Crippen molar-refractivity contribution in [1.29, 1.82) is 0 Å². The lowest BCUT2D eigenvalue weighted by Gasteiger charge is -2.29. The number of morpholine rings is 1. The first-order valence-corrected chi connectivity index (χ1v) is 8.43. The van der Waals surface area contributed by atoms with Crippen LogP contribution >= 0.6 is 0 Å². The van der Waals surface area contributed by atoms with E-state index < -0.39 is 0 Å². The Morgan fingerprint density at radius 2 is 1.95 bits per heavy atom. The van der Waals surface area contributed by atoms with Crippen LogP contribution in [0.3, 0.4) is 0 Å². The zero-order chi connectivity index (χ0) is 15.4. The number of hydrogen-bond acceptors (Lipinski definition) is 4. The van der Waals surface area contributed by atoms with Crippen molar-refractivity contribution in [3.05, 3.63) is 34.9 Å². The van der Waals surface area contributed by atoms with Crippen molar-refractivity contribution in [3.8, 4) is 0 Å². The van der Waals surface area contributed by atoms with Crippen molar-refractivity contribution >= 4 is 5.78 Å². The minimum absolute atomic E-state index is 0.237. The fraction of sp³-hybridized carbons (Fsp3) is 0.611. The molecule has 0 spiro atoms. The number of fused-ring (bicyclic) bond motifs is 1. The lowest BCUT2D eigenvalue weighted by molar-refractivity contribution is 0.0371. The summed E-state index contributed by atoms with van der Waals surface area (Å²) in [6.45, 7) is 9.26. The average molecular weight is 302 g/mol. The van der Waals surface area contributed by atoms with E-state index in [1.165, 1.54) is 17.5 Å². The molecule has 4 nitrogen and oxygen atoms in total. The summed E-state index contributed by atoms with van der Waals surface area (Å²) in [7, 11) is 0. The van der Waals surface area contributed by atoms with Gasteiger partial charge in [0, 0.05) is 31.7 Å². The third-order valence-corrected chi connectivity index (χ3v) is 4.63. The Kier molecular flexibility index (Phi) is 5.24. The monoisotopic (exact) mass is 302 g/mol. The van der Waals surface area contributed by atoms with Crippen molar-refractivity contribution in [2.24, 2.45) is 0 Å². The SMILES string of the molecule is CCCN1CCc2cc(C(=O)CN3CCOCC3)ccc2C1. The number of carbonyl (C=O) groups is 1. The molecular weight excluding hydrogens is 276 g/mol. The van der Waals surface area contributed by atoms with Gasteiger partial charge in [-0.15, -0.1) is 0 Å². The first kappa shape index (κ1) is 15.7. The van der Waals surface area contributed by atoms with Gasteiger partial charge in [-0.05, 0) is 36.6 Å². The maximum absolute atomic E-state index is 12.5. The van der Waals surface area contributed by atoms with Gasteiger partial charge in [0.15, 0.2) is 5.78 Å². The van der Waals surface area contributed by atoms with E-state index in [9.17, 15) is 4.79 Å². The molecule has 0 aromatic heterocycles. The second-order valence-electron chi connectivity index (χ2n) is 6.32. The molecule has 0 atom stereocenters. The van der Waals surface area contributed by atoms with Crippen molar-refractivity contribution in [2.45, 2.75) is 26.3 Å². The maximum atomic E-state index is 12.5. The molecule has 2 aliphatic rings. The molecule has 0 amide bonds. The quantitative estimate of drug-likeness (QED) is 0.779. The van der Waals surface area contributed by atoms with Gasteiger partial charge >= 0.3 is 0 Å². The zero-order valence-corrected chi connectivity index (χ0v) is 13.5. The molecule has 3 rings (SSSR count). The lowest BCUT2D eigenvalue weighted by atomic mass is 9.95. The Hall–Kier alpha value is -1.23. The molecule has 0 radical (unpaired) electrons. The van der Waals surface area contributed by atoms with E-state index in [2.05, 4.69) is 28.9 Å². The van der Waals surface area contributed by atoms with Crippen LogP contribution in [0.1, 0.15) is 34.8 Å². The van der Waals surface area contributed by atoms with Gasteiger partial charge in [-0.2, -0.15) is 0 Å². The Labute approximate surface area is 133 Å². The number of benzene rings is 1. The van der Waals surface area contributed by atoms with E-state index in [0.29, 0.717) is 6.54 Å². The molecule has 120 valence electrons. The Morgan fingerprint density at radius 1 is 1.14 bits per heavy atom. The standard InChI is InChI=1S/C18H26N2O2/c1-2-6-19-7-5-15-12-16(3-4-17(15)13-19)18(21)14-20-8-10-22-11-9-20/h3-4,12H,2,5-11,13-14H2,1H3. The molecule has 0 saturated carbocycles. The van der Waals surface area contributed by atoms with Crippen LogP contribution in [0.5, 0.6) is 0 Å². The summed E-state index contributed by atoms with van der Waals surface area (Å²) in [5.41, 5.74) is 3.62. The highest BCUT2D eigenvalue weighted by Gasteiger charge is 2.19. The molecule has 1 aromatic carbocycles. The molecule has 4 heteroatoms. The molecule has 2 heterocycles. The molecule has 22 heavy (non-hydrogen) atoms. The highest BCUT2D eigenvalue weighted by Crippen LogP contribution is 2.21. The summed E-state index contributed by atoms with van der Waals surface area (Å²) in [6, 6.07) is 6.29. The van der Waals surface area contributed by atoms with Crippen LogP contribution in [0.15, 0.2) is 18.2 Å². The van der Waals surface area contributed by atoms with Crippen LogP contribution in [-0.2, 0) is 17.7 Å². The van der Waals surface area contributed by atoms with Crippen LogP contribution < -0.4 is 0 Å². The average Bonchev–Trinajstić information content (AvgIpc) is 2.55. The van der Waals surface area contributed by atoms with E-state index >= 15 is 0 Å². The lowest BCUT2D eigenvalue weighted by Crippen LogP contribution is -2.39. The van der Waals surface area contributed by atoms with Gasteiger partial charge in [0.2, 0.25) is 0 Å². The minimum atomic E-state index is 0.237. The van der Waals surface area contributed by atoms with E-state index in [0.717, 1.165) is 57.9 Å².